The van der Waals surface area contributed by atoms with Crippen molar-refractivity contribution in [3.05, 3.63) is 436 Å². The molecule has 0 N–H and O–H groups in total. The average molecular weight is 1650 g/mol. The molecule has 598 valence electrons. The molecule has 0 aliphatic heterocycles. The molecule has 0 amide bonds. The maximum absolute atomic E-state index is 5.05. The lowest BCUT2D eigenvalue weighted by Gasteiger charge is -2.21. The van der Waals surface area contributed by atoms with E-state index in [1.165, 1.54) is 108 Å². The second-order valence-corrected chi connectivity index (χ2v) is 33.4. The lowest BCUT2D eigenvalue weighted by molar-refractivity contribution is 0.661. The Morgan fingerprint density at radius 3 is 1.18 bits per heavy atom. The summed E-state index contributed by atoms with van der Waals surface area (Å²) in [5.41, 5.74) is 25.7. The fourth-order valence-electron chi connectivity index (χ4n) is 18.4. The Hall–Kier alpha value is -16.6. The lowest BCUT2D eigenvalue weighted by Crippen LogP contribution is -2.14. The van der Waals surface area contributed by atoms with Gasteiger partial charge in [-0.3, -0.25) is 4.57 Å². The molecule has 12 nitrogen and oxygen atoms in total. The third-order valence-corrected chi connectivity index (χ3v) is 25.7. The lowest BCUT2D eigenvalue weighted by atomic mass is 9.82. The summed E-state index contributed by atoms with van der Waals surface area (Å²) >= 11 is 1.86. The third-order valence-electron chi connectivity index (χ3n) is 24.5. The molecule has 8 aromatic heterocycles. The minimum Gasteiger partial charge on any atom is -0.309 e. The topological polar surface area (TPSA) is 131 Å². The first-order valence-corrected chi connectivity index (χ1v) is 43.5. The van der Waals surface area contributed by atoms with Gasteiger partial charge in [-0.15, -0.1) is 11.3 Å². The molecule has 1 aliphatic carbocycles. The van der Waals surface area contributed by atoms with Gasteiger partial charge in [0.15, 0.2) is 40.8 Å². The highest BCUT2D eigenvalue weighted by Gasteiger charge is 2.37. The molecule has 127 heavy (non-hydrogen) atoms. The normalized spacial score (nSPS) is 12.1. The smallest absolute Gasteiger partial charge is 0.165 e. The highest BCUT2D eigenvalue weighted by atomic mass is 32.1. The van der Waals surface area contributed by atoms with Gasteiger partial charge in [0.2, 0.25) is 0 Å². The van der Waals surface area contributed by atoms with Gasteiger partial charge >= 0.3 is 0 Å². The van der Waals surface area contributed by atoms with Crippen molar-refractivity contribution < 1.29 is 0 Å². The van der Waals surface area contributed by atoms with E-state index < -0.39 is 0 Å². The molecule has 24 aromatic rings. The summed E-state index contributed by atoms with van der Waals surface area (Å²) in [7, 11) is 0. The molecule has 25 rings (SSSR count). The van der Waals surface area contributed by atoms with Gasteiger partial charge in [-0.1, -0.05) is 317 Å². The van der Waals surface area contributed by atoms with Crippen LogP contribution in [0.5, 0.6) is 0 Å². The van der Waals surface area contributed by atoms with E-state index in [-0.39, 0.29) is 5.41 Å². The first-order chi connectivity index (χ1) is 62.7. The van der Waals surface area contributed by atoms with Crippen LogP contribution in [-0.4, -0.2) is 58.6 Å². The number of aromatic nitrogens is 12. The molecule has 0 radical (unpaired) electrons. The van der Waals surface area contributed by atoms with Crippen molar-refractivity contribution in [2.24, 2.45) is 0 Å². The molecule has 1 aliphatic rings. The Morgan fingerprint density at radius 1 is 0.244 bits per heavy atom. The Labute approximate surface area is 736 Å². The maximum atomic E-state index is 5.05. The molecule has 0 unspecified atom stereocenters. The van der Waals surface area contributed by atoms with Crippen LogP contribution in [0, 0.1) is 0 Å². The minimum absolute atomic E-state index is 0.0489. The fourth-order valence-corrected chi connectivity index (χ4v) is 19.6. The van der Waals surface area contributed by atoms with Crippen LogP contribution in [0.3, 0.4) is 0 Å². The van der Waals surface area contributed by atoms with Crippen LogP contribution in [-0.2, 0) is 5.41 Å². The van der Waals surface area contributed by atoms with Crippen LogP contribution >= 0.6 is 11.3 Å². The van der Waals surface area contributed by atoms with E-state index in [4.69, 9.17) is 39.9 Å². The van der Waals surface area contributed by atoms with Crippen LogP contribution in [0.25, 0.3) is 216 Å². The van der Waals surface area contributed by atoms with Crippen LogP contribution < -0.4 is 0 Å². The largest absolute Gasteiger partial charge is 0.309 e. The molecule has 0 saturated heterocycles. The molecule has 8 heterocycles. The van der Waals surface area contributed by atoms with Crippen LogP contribution in [0.15, 0.2) is 425 Å². The zero-order chi connectivity index (χ0) is 84.5. The quantitative estimate of drug-likeness (QED) is 0.117. The number of hydrogen-bond donors (Lipinski definition) is 0. The molecule has 0 fully saturated rings. The van der Waals surface area contributed by atoms with Crippen LogP contribution in [0.2, 0.25) is 0 Å². The van der Waals surface area contributed by atoms with Crippen molar-refractivity contribution >= 4 is 96.9 Å². The van der Waals surface area contributed by atoms with E-state index in [9.17, 15) is 0 Å². The number of thiophene rings is 1. The van der Waals surface area contributed by atoms with Gasteiger partial charge < -0.3 is 9.13 Å². The van der Waals surface area contributed by atoms with E-state index in [0.29, 0.717) is 34.9 Å². The van der Waals surface area contributed by atoms with Gasteiger partial charge in [-0.05, 0) is 143 Å². The van der Waals surface area contributed by atoms with Crippen molar-refractivity contribution in [2.45, 2.75) is 19.3 Å². The standard InChI is InChI=1S/C44H27N5S.C42H30N4.C28H19N3/c1-3-12-28(13-4-1)42-46-43(29-14-5-2-6-15-29)48-44(47-42)31-23-25-40(45-27-31)49-37-20-9-7-16-33(37)34-24-22-30(26-38(34)49)32-18-11-19-36-35-17-8-10-21-39(35)50-41(32)36;1-42(2)33-19-11-9-17-31(33)37-34(42)25-26-36-38(37)32-18-10-12-20-35(32)46(36)30-23-21-29(22-24-30)41-44-39(27-13-5-3-6-14-27)43-40(45-41)28-15-7-4-8-16-28;1-2-8-20(9-3-1)25-18-19-29-28(30-25)21-14-16-22(17-15-21)31-26-12-6-4-10-23(26)24-11-5-7-13-27(24)31/h1-27H;3-26H,1-2H3;1-19H. The number of nitrogens with zero attached hydrogens (tertiary/aromatic N) is 12. The Morgan fingerprint density at radius 2 is 0.646 bits per heavy atom. The van der Waals surface area contributed by atoms with Crippen molar-refractivity contribution in [1.29, 1.82) is 0 Å². The maximum Gasteiger partial charge on any atom is 0.165 e. The van der Waals surface area contributed by atoms with Gasteiger partial charge in [0.1, 0.15) is 5.82 Å². The Kier molecular flexibility index (Phi) is 18.8. The fraction of sp³-hybridized carbons (Fsp3) is 0.0263. The zero-order valence-corrected chi connectivity index (χ0v) is 70.0. The number of rotatable bonds is 12. The van der Waals surface area contributed by atoms with Crippen molar-refractivity contribution in [2.75, 3.05) is 0 Å². The average Bonchev–Trinajstić information content (AvgIpc) is 1.54. The summed E-state index contributed by atoms with van der Waals surface area (Å²) in [6.45, 7) is 4.68. The van der Waals surface area contributed by atoms with Crippen LogP contribution in [0.1, 0.15) is 25.0 Å². The molecule has 0 atom stereocenters. The van der Waals surface area contributed by atoms with Crippen molar-refractivity contribution in [1.82, 2.24) is 58.6 Å². The van der Waals surface area contributed by atoms with E-state index in [1.54, 1.807) is 0 Å². The van der Waals surface area contributed by atoms with E-state index in [1.807, 2.05) is 169 Å². The summed E-state index contributed by atoms with van der Waals surface area (Å²) in [6.07, 6.45) is 3.70. The molecule has 0 bridgehead atoms. The van der Waals surface area contributed by atoms with Gasteiger partial charge in [0.05, 0.1) is 38.8 Å². The summed E-state index contributed by atoms with van der Waals surface area (Å²) in [5, 5.41) is 10.1. The number of benzene rings is 16. The minimum atomic E-state index is -0.0489. The number of hydrogen-bond acceptors (Lipinski definition) is 10. The van der Waals surface area contributed by atoms with Gasteiger partial charge in [-0.25, -0.2) is 44.9 Å². The van der Waals surface area contributed by atoms with Gasteiger partial charge in [-0.2, -0.15) is 0 Å². The molecular weight excluding hydrogens is 1570 g/mol. The van der Waals surface area contributed by atoms with Gasteiger partial charge in [0.25, 0.3) is 0 Å². The molecular formula is C114H76N12S. The first-order valence-electron chi connectivity index (χ1n) is 42.6. The summed E-state index contributed by atoms with van der Waals surface area (Å²) in [4.78, 5) is 43.7. The molecule has 0 saturated carbocycles. The first kappa shape index (κ1) is 75.4. The number of para-hydroxylation sites is 4. The van der Waals surface area contributed by atoms with Crippen LogP contribution in [0.4, 0.5) is 0 Å². The predicted molar refractivity (Wildman–Crippen MR) is 522 cm³/mol. The monoisotopic (exact) mass is 1640 g/mol. The van der Waals surface area contributed by atoms with E-state index >= 15 is 0 Å². The van der Waals surface area contributed by atoms with Crippen molar-refractivity contribution in [3.8, 4) is 130 Å². The summed E-state index contributed by atoms with van der Waals surface area (Å²) in [5.74, 6) is 5.37. The molecule has 16 aromatic carbocycles. The number of fused-ring (bicyclic) bond motifs is 16. The summed E-state index contributed by atoms with van der Waals surface area (Å²) in [6, 6.07) is 144. The SMILES string of the molecule is CC1(C)c2ccccc2-c2c1ccc1c2c2ccccc2n1-c1ccc(-c2nc(-c3ccccc3)nc(-c3ccccc3)n2)cc1.c1ccc(-c2ccnc(-c3ccc(-n4c5ccccc5c5ccccc54)cc3)n2)cc1.c1ccc(-c2nc(-c3ccccc3)nc(-c3ccc(-n4c5ccccc5c5ccc(-c6cccc7c6sc6ccccc67)cc54)nc3)n2)cc1. The zero-order valence-electron chi connectivity index (χ0n) is 69.2. The van der Waals surface area contributed by atoms with Gasteiger partial charge in [0, 0.05) is 126 Å². The molecule has 13 heteroatoms. The predicted octanol–water partition coefficient (Wildman–Crippen LogP) is 28.6. The third kappa shape index (κ3) is 13.5. The Bertz CT molecular complexity index is 8150. The Balaban J connectivity index is 0.000000112. The highest BCUT2D eigenvalue weighted by Crippen LogP contribution is 2.54. The van der Waals surface area contributed by atoms with E-state index in [0.717, 1.165) is 84.3 Å². The van der Waals surface area contributed by atoms with E-state index in [2.05, 4.69) is 299 Å². The summed E-state index contributed by atoms with van der Waals surface area (Å²) < 4.78 is 9.58. The highest BCUT2D eigenvalue weighted by molar-refractivity contribution is 7.26. The second kappa shape index (κ2) is 31.7. The molecule has 0 spiro atoms. The second-order valence-electron chi connectivity index (χ2n) is 32.3. The number of pyridine rings is 1. The van der Waals surface area contributed by atoms with Crippen molar-refractivity contribution in [3.63, 3.8) is 0 Å².